The number of hydrogen-bond acceptors (Lipinski definition) is 1. The minimum atomic E-state index is -0.467. The lowest BCUT2D eigenvalue weighted by Gasteiger charge is -2.07. The van der Waals surface area contributed by atoms with Crippen molar-refractivity contribution < 1.29 is 9.18 Å². The molecule has 0 unspecified atom stereocenters. The predicted molar refractivity (Wildman–Crippen MR) is 82.9 cm³/mol. The highest BCUT2D eigenvalue weighted by molar-refractivity contribution is 14.1. The summed E-state index contributed by atoms with van der Waals surface area (Å²) >= 11 is 8.05. The van der Waals surface area contributed by atoms with Gasteiger partial charge in [-0.2, -0.15) is 0 Å². The van der Waals surface area contributed by atoms with E-state index in [9.17, 15) is 9.18 Å². The van der Waals surface area contributed by atoms with Crippen LogP contribution >= 0.6 is 34.2 Å². The van der Waals surface area contributed by atoms with Gasteiger partial charge >= 0.3 is 0 Å². The van der Waals surface area contributed by atoms with Gasteiger partial charge in [-0.25, -0.2) is 4.39 Å². The van der Waals surface area contributed by atoms with E-state index in [2.05, 4.69) is 27.9 Å². The lowest BCUT2D eigenvalue weighted by Crippen LogP contribution is -2.15. The number of amides is 1. The number of rotatable bonds is 3. The van der Waals surface area contributed by atoms with E-state index in [1.165, 1.54) is 12.1 Å². The summed E-state index contributed by atoms with van der Waals surface area (Å²) in [5.74, 6) is -0.765. The van der Waals surface area contributed by atoms with Crippen molar-refractivity contribution in [2.24, 2.45) is 0 Å². The number of hydrogen-bond donors (Lipinski definition) is 1. The molecule has 1 N–H and O–H groups in total. The first kappa shape index (κ1) is 14.3. The Kier molecular flexibility index (Phi) is 4.76. The van der Waals surface area contributed by atoms with E-state index in [-0.39, 0.29) is 22.9 Å². The normalized spacial score (nSPS) is 10.3. The lowest BCUT2D eigenvalue weighted by molar-refractivity contribution is -0.115. The van der Waals surface area contributed by atoms with Gasteiger partial charge in [0.15, 0.2) is 0 Å². The Morgan fingerprint density at radius 3 is 2.53 bits per heavy atom. The zero-order valence-corrected chi connectivity index (χ0v) is 12.7. The van der Waals surface area contributed by atoms with E-state index in [1.807, 2.05) is 12.1 Å². The third-order valence-electron chi connectivity index (χ3n) is 2.53. The fraction of sp³-hybridized carbons (Fsp3) is 0.0714. The van der Waals surface area contributed by atoms with Crippen molar-refractivity contribution in [3.05, 3.63) is 62.4 Å². The Labute approximate surface area is 129 Å². The van der Waals surface area contributed by atoms with Crippen LogP contribution in [0.3, 0.4) is 0 Å². The number of benzene rings is 2. The van der Waals surface area contributed by atoms with Crippen LogP contribution in [0.5, 0.6) is 0 Å². The van der Waals surface area contributed by atoms with Crippen LogP contribution in [0.25, 0.3) is 0 Å². The van der Waals surface area contributed by atoms with Crippen LogP contribution in [0, 0.1) is 9.39 Å². The smallest absolute Gasteiger partial charge is 0.228 e. The standard InChI is InChI=1S/C14H10ClFINO/c15-12-2-1-3-13(16)11(12)8-14(19)18-10-6-4-9(17)5-7-10/h1-7H,8H2,(H,18,19). The molecule has 2 aromatic rings. The molecule has 0 aliphatic carbocycles. The van der Waals surface area contributed by atoms with Crippen LogP contribution < -0.4 is 5.32 Å². The minimum absolute atomic E-state index is 0.0858. The molecule has 0 saturated heterocycles. The first-order valence-corrected chi connectivity index (χ1v) is 7.00. The molecule has 0 aliphatic rings. The minimum Gasteiger partial charge on any atom is -0.326 e. The molecule has 2 aromatic carbocycles. The van der Waals surface area contributed by atoms with Gasteiger partial charge in [0.25, 0.3) is 0 Å². The molecule has 0 radical (unpaired) electrons. The van der Waals surface area contributed by atoms with Crippen molar-refractivity contribution in [3.8, 4) is 0 Å². The van der Waals surface area contributed by atoms with Crippen molar-refractivity contribution in [1.82, 2.24) is 0 Å². The highest BCUT2D eigenvalue weighted by Crippen LogP contribution is 2.20. The highest BCUT2D eigenvalue weighted by Gasteiger charge is 2.11. The Hall–Kier alpha value is -1.14. The second-order valence-electron chi connectivity index (χ2n) is 3.93. The zero-order chi connectivity index (χ0) is 13.8. The average Bonchev–Trinajstić information content (AvgIpc) is 2.37. The van der Waals surface area contributed by atoms with E-state index in [0.29, 0.717) is 5.69 Å². The van der Waals surface area contributed by atoms with Gasteiger partial charge in [-0.1, -0.05) is 17.7 Å². The molecular weight excluding hydrogens is 380 g/mol. The van der Waals surface area contributed by atoms with Crippen molar-refractivity contribution in [2.45, 2.75) is 6.42 Å². The van der Waals surface area contributed by atoms with Gasteiger partial charge in [0.1, 0.15) is 5.82 Å². The van der Waals surface area contributed by atoms with Crippen LogP contribution in [-0.4, -0.2) is 5.91 Å². The quantitative estimate of drug-likeness (QED) is 0.781. The Morgan fingerprint density at radius 1 is 1.21 bits per heavy atom. The summed E-state index contributed by atoms with van der Waals surface area (Å²) in [6.07, 6.45) is -0.0858. The summed E-state index contributed by atoms with van der Waals surface area (Å²) < 4.78 is 14.6. The highest BCUT2D eigenvalue weighted by atomic mass is 127. The fourth-order valence-electron chi connectivity index (χ4n) is 1.60. The largest absolute Gasteiger partial charge is 0.326 e. The zero-order valence-electron chi connectivity index (χ0n) is 9.79. The third-order valence-corrected chi connectivity index (χ3v) is 3.60. The third kappa shape index (κ3) is 3.91. The van der Waals surface area contributed by atoms with Crippen LogP contribution in [0.4, 0.5) is 10.1 Å². The Bertz CT molecular complexity index is 581. The number of carbonyl (C=O) groups is 1. The van der Waals surface area contributed by atoms with Crippen LogP contribution in [-0.2, 0) is 11.2 Å². The monoisotopic (exact) mass is 389 g/mol. The molecule has 0 bridgehead atoms. The molecule has 19 heavy (non-hydrogen) atoms. The summed E-state index contributed by atoms with van der Waals surface area (Å²) in [6.45, 7) is 0. The topological polar surface area (TPSA) is 29.1 Å². The number of anilines is 1. The first-order valence-electron chi connectivity index (χ1n) is 5.54. The molecule has 0 atom stereocenters. The van der Waals surface area contributed by atoms with Crippen molar-refractivity contribution in [3.63, 3.8) is 0 Å². The van der Waals surface area contributed by atoms with Gasteiger partial charge in [-0.3, -0.25) is 4.79 Å². The molecule has 1 amide bonds. The molecule has 2 nitrogen and oxygen atoms in total. The predicted octanol–water partition coefficient (Wildman–Crippen LogP) is 4.26. The van der Waals surface area contributed by atoms with Gasteiger partial charge in [0, 0.05) is 19.8 Å². The molecule has 0 heterocycles. The molecule has 2 rings (SSSR count). The maximum atomic E-state index is 13.5. The Morgan fingerprint density at radius 2 is 1.89 bits per heavy atom. The van der Waals surface area contributed by atoms with Gasteiger partial charge in [0.05, 0.1) is 6.42 Å². The number of carbonyl (C=O) groups excluding carboxylic acids is 1. The summed E-state index contributed by atoms with van der Waals surface area (Å²) in [6, 6.07) is 11.7. The second-order valence-corrected chi connectivity index (χ2v) is 5.58. The summed E-state index contributed by atoms with van der Waals surface area (Å²) in [5, 5.41) is 2.97. The van der Waals surface area contributed by atoms with Gasteiger partial charge in [-0.15, -0.1) is 0 Å². The van der Waals surface area contributed by atoms with E-state index >= 15 is 0 Å². The second kappa shape index (κ2) is 6.34. The number of nitrogens with one attached hydrogen (secondary N) is 1. The van der Waals surface area contributed by atoms with E-state index in [1.54, 1.807) is 18.2 Å². The van der Waals surface area contributed by atoms with E-state index in [0.717, 1.165) is 3.57 Å². The molecule has 0 fully saturated rings. The molecule has 98 valence electrons. The first-order chi connectivity index (χ1) is 9.06. The summed E-state index contributed by atoms with van der Waals surface area (Å²) in [4.78, 5) is 11.8. The Balaban J connectivity index is 2.07. The molecule has 5 heteroatoms. The maximum absolute atomic E-state index is 13.5. The maximum Gasteiger partial charge on any atom is 0.228 e. The van der Waals surface area contributed by atoms with E-state index < -0.39 is 5.82 Å². The van der Waals surface area contributed by atoms with Crippen LogP contribution in [0.15, 0.2) is 42.5 Å². The average molecular weight is 390 g/mol. The molecule has 0 saturated carbocycles. The van der Waals surface area contributed by atoms with Crippen LogP contribution in [0.2, 0.25) is 5.02 Å². The van der Waals surface area contributed by atoms with Crippen LogP contribution in [0.1, 0.15) is 5.56 Å². The fourth-order valence-corrected chi connectivity index (χ4v) is 2.19. The van der Waals surface area contributed by atoms with E-state index in [4.69, 9.17) is 11.6 Å². The van der Waals surface area contributed by atoms with Gasteiger partial charge in [-0.05, 0) is 59.0 Å². The van der Waals surface area contributed by atoms with Crippen molar-refractivity contribution >= 4 is 45.8 Å². The van der Waals surface area contributed by atoms with Crippen molar-refractivity contribution in [2.75, 3.05) is 5.32 Å². The molecule has 0 spiro atoms. The van der Waals surface area contributed by atoms with Crippen molar-refractivity contribution in [1.29, 1.82) is 0 Å². The lowest BCUT2D eigenvalue weighted by atomic mass is 10.1. The van der Waals surface area contributed by atoms with Gasteiger partial charge < -0.3 is 5.32 Å². The summed E-state index contributed by atoms with van der Waals surface area (Å²) in [7, 11) is 0. The molecule has 0 aliphatic heterocycles. The summed E-state index contributed by atoms with van der Waals surface area (Å²) in [5.41, 5.74) is 0.894. The molecule has 0 aromatic heterocycles. The number of halogens is 3. The van der Waals surface area contributed by atoms with Gasteiger partial charge in [0.2, 0.25) is 5.91 Å². The molecular formula is C14H10ClFINO. The SMILES string of the molecule is O=C(Cc1c(F)cccc1Cl)Nc1ccc(I)cc1.